The summed E-state index contributed by atoms with van der Waals surface area (Å²) >= 11 is 0. The molecule has 8 nitrogen and oxygen atoms in total. The Morgan fingerprint density at radius 3 is 1.00 bits per heavy atom. The molecule has 2 atom stereocenters. The van der Waals surface area contributed by atoms with Crippen LogP contribution in [-0.4, -0.2) is 69.2 Å². The van der Waals surface area contributed by atoms with Crippen molar-refractivity contribution >= 4 is 13.8 Å². The van der Waals surface area contributed by atoms with E-state index in [4.69, 9.17) is 13.8 Å². The Kier molecular flexibility index (Phi) is 44.7. The van der Waals surface area contributed by atoms with E-state index in [1.807, 2.05) is 21.1 Å². The van der Waals surface area contributed by atoms with Gasteiger partial charge in [-0.15, -0.1) is 0 Å². The first-order valence-electron chi connectivity index (χ1n) is 26.3. The third kappa shape index (κ3) is 50.1. The van der Waals surface area contributed by atoms with Crippen molar-refractivity contribution in [2.75, 3.05) is 47.5 Å². The number of carbonyl (C=O) groups excluding carboxylic acids is 1. The predicted molar refractivity (Wildman–Crippen MR) is 254 cm³/mol. The predicted octanol–water partition coefficient (Wildman–Crippen LogP) is 15.1. The molecule has 0 aliphatic rings. The Hall–Kier alpha value is -0.500. The van der Waals surface area contributed by atoms with E-state index < -0.39 is 20.5 Å². The summed E-state index contributed by atoms with van der Waals surface area (Å²) in [5.41, 5.74) is 0. The fourth-order valence-corrected chi connectivity index (χ4v) is 8.75. The second-order valence-electron chi connectivity index (χ2n) is 19.5. The van der Waals surface area contributed by atoms with E-state index in [0.717, 1.165) is 19.3 Å². The third-order valence-electron chi connectivity index (χ3n) is 12.1. The molecule has 0 radical (unpaired) electrons. The Morgan fingerprint density at radius 2 is 0.733 bits per heavy atom. The van der Waals surface area contributed by atoms with Crippen molar-refractivity contribution < 1.29 is 37.6 Å². The number of ether oxygens (including phenoxy) is 1. The summed E-state index contributed by atoms with van der Waals surface area (Å²) in [6.45, 7) is 2.00. The number of rotatable bonds is 50. The van der Waals surface area contributed by atoms with Gasteiger partial charge in [-0.25, -0.2) is 0 Å². The van der Waals surface area contributed by atoms with Crippen molar-refractivity contribution in [1.82, 2.24) is 0 Å². The standard InChI is InChI=1S/C51H104NO7P/c1-5-6-7-8-9-10-11-12-13-14-15-16-17-18-19-20-21-22-23-24-25-26-27-28-29-30-31-32-33-34-35-36-37-38-39-40-41-42-43-44-45-51(54)57-48-50(53)49-59-60(55,56)58-47-46-52(2,3)4/h50,53H,5-49H2,1-4H3. The molecule has 0 aliphatic carbocycles. The van der Waals surface area contributed by atoms with Gasteiger partial charge in [0.15, 0.2) is 0 Å². The molecule has 60 heavy (non-hydrogen) atoms. The van der Waals surface area contributed by atoms with Crippen LogP contribution in [0.1, 0.15) is 270 Å². The monoisotopic (exact) mass is 874 g/mol. The lowest BCUT2D eigenvalue weighted by molar-refractivity contribution is -0.870. The van der Waals surface area contributed by atoms with Crippen LogP contribution in [0.15, 0.2) is 0 Å². The molecule has 0 bridgehead atoms. The van der Waals surface area contributed by atoms with Crippen LogP contribution < -0.4 is 4.89 Å². The summed E-state index contributed by atoms with van der Waals surface area (Å²) in [6, 6.07) is 0. The molecule has 0 fully saturated rings. The summed E-state index contributed by atoms with van der Waals surface area (Å²) in [5.74, 6) is -0.379. The molecule has 360 valence electrons. The molecule has 2 unspecified atom stereocenters. The third-order valence-corrected chi connectivity index (χ3v) is 13.1. The number of phosphoric acid groups is 1. The van der Waals surface area contributed by atoms with Gasteiger partial charge in [0, 0.05) is 6.42 Å². The number of aliphatic hydroxyl groups is 1. The van der Waals surface area contributed by atoms with Crippen molar-refractivity contribution in [3.63, 3.8) is 0 Å². The maximum atomic E-state index is 12.0. The number of unbranched alkanes of at least 4 members (excludes halogenated alkanes) is 39. The topological polar surface area (TPSA) is 105 Å². The first kappa shape index (κ1) is 59.5. The van der Waals surface area contributed by atoms with Crippen molar-refractivity contribution in [1.29, 1.82) is 0 Å². The Balaban J connectivity index is 3.24. The van der Waals surface area contributed by atoms with Crippen LogP contribution in [0.2, 0.25) is 0 Å². The first-order valence-corrected chi connectivity index (χ1v) is 27.8. The van der Waals surface area contributed by atoms with Gasteiger partial charge >= 0.3 is 5.97 Å². The zero-order valence-corrected chi connectivity index (χ0v) is 41.6. The van der Waals surface area contributed by atoms with Gasteiger partial charge in [-0.05, 0) is 6.42 Å². The summed E-state index contributed by atoms with van der Waals surface area (Å²) < 4.78 is 26.9. The molecular formula is C51H104NO7P. The molecule has 0 aromatic carbocycles. The van der Waals surface area contributed by atoms with Gasteiger partial charge in [-0.3, -0.25) is 9.36 Å². The van der Waals surface area contributed by atoms with Crippen molar-refractivity contribution in [3.05, 3.63) is 0 Å². The molecule has 0 aliphatic heterocycles. The normalized spacial score (nSPS) is 13.5. The number of esters is 1. The number of hydrogen-bond donors (Lipinski definition) is 1. The van der Waals surface area contributed by atoms with Crippen LogP contribution in [0.5, 0.6) is 0 Å². The Morgan fingerprint density at radius 1 is 0.467 bits per heavy atom. The van der Waals surface area contributed by atoms with Crippen molar-refractivity contribution in [3.8, 4) is 0 Å². The van der Waals surface area contributed by atoms with Crippen LogP contribution >= 0.6 is 7.82 Å². The number of likely N-dealkylation sites (N-methyl/N-ethyl adjacent to an activating group) is 1. The SMILES string of the molecule is CCCCCCCCCCCCCCCCCCCCCCCCCCCCCCCCCCCCCCCCCCC(=O)OCC(O)COP(=O)([O-])OCC[N+](C)(C)C. The molecule has 1 N–H and O–H groups in total. The van der Waals surface area contributed by atoms with Crippen LogP contribution in [0.3, 0.4) is 0 Å². The van der Waals surface area contributed by atoms with Crippen LogP contribution in [0.25, 0.3) is 0 Å². The Bertz CT molecular complexity index is 930. The van der Waals surface area contributed by atoms with Crippen LogP contribution in [0.4, 0.5) is 0 Å². The molecule has 0 aromatic rings. The molecular weight excluding hydrogens is 770 g/mol. The Labute approximate surface area is 374 Å². The molecule has 0 heterocycles. The highest BCUT2D eigenvalue weighted by Crippen LogP contribution is 2.38. The quantitative estimate of drug-likeness (QED) is 0.0281. The number of phosphoric ester groups is 1. The maximum Gasteiger partial charge on any atom is 0.305 e. The van der Waals surface area contributed by atoms with E-state index >= 15 is 0 Å². The highest BCUT2D eigenvalue weighted by atomic mass is 31.2. The van der Waals surface area contributed by atoms with E-state index in [0.29, 0.717) is 17.4 Å². The van der Waals surface area contributed by atoms with E-state index in [1.165, 1.54) is 238 Å². The molecule has 0 saturated carbocycles. The smallest absolute Gasteiger partial charge is 0.305 e. The average molecular weight is 874 g/mol. The number of hydrogen-bond acceptors (Lipinski definition) is 7. The summed E-state index contributed by atoms with van der Waals surface area (Å²) in [6.07, 6.45) is 54.8. The second-order valence-corrected chi connectivity index (χ2v) is 20.9. The van der Waals surface area contributed by atoms with Gasteiger partial charge in [0.2, 0.25) is 0 Å². The fraction of sp³-hybridized carbons (Fsp3) is 0.980. The molecule has 0 amide bonds. The molecule has 0 saturated heterocycles. The number of nitrogens with zero attached hydrogens (tertiary/aromatic N) is 1. The summed E-state index contributed by atoms with van der Waals surface area (Å²) in [7, 11) is 1.27. The zero-order valence-electron chi connectivity index (χ0n) is 40.7. The lowest BCUT2D eigenvalue weighted by atomic mass is 10.0. The molecule has 0 aromatic heterocycles. The van der Waals surface area contributed by atoms with Gasteiger partial charge in [0.05, 0.1) is 27.7 Å². The highest BCUT2D eigenvalue weighted by Gasteiger charge is 2.17. The average Bonchev–Trinajstić information content (AvgIpc) is 3.21. The van der Waals surface area contributed by atoms with E-state index in [-0.39, 0.29) is 19.2 Å². The molecule has 0 spiro atoms. The van der Waals surface area contributed by atoms with E-state index in [2.05, 4.69) is 6.92 Å². The van der Waals surface area contributed by atoms with E-state index in [9.17, 15) is 19.4 Å². The fourth-order valence-electron chi connectivity index (χ4n) is 8.01. The lowest BCUT2D eigenvalue weighted by Crippen LogP contribution is -2.37. The molecule has 9 heteroatoms. The lowest BCUT2D eigenvalue weighted by Gasteiger charge is -2.27. The van der Waals surface area contributed by atoms with Crippen molar-refractivity contribution in [2.45, 2.75) is 276 Å². The zero-order chi connectivity index (χ0) is 44.1. The van der Waals surface area contributed by atoms with Crippen molar-refractivity contribution in [2.24, 2.45) is 0 Å². The van der Waals surface area contributed by atoms with Gasteiger partial charge in [0.1, 0.15) is 25.9 Å². The first-order chi connectivity index (χ1) is 29.1. The largest absolute Gasteiger partial charge is 0.756 e. The summed E-state index contributed by atoms with van der Waals surface area (Å²) in [5, 5.41) is 9.91. The molecule has 0 rings (SSSR count). The minimum atomic E-state index is -4.50. The minimum Gasteiger partial charge on any atom is -0.756 e. The van der Waals surface area contributed by atoms with Gasteiger partial charge in [0.25, 0.3) is 7.82 Å². The highest BCUT2D eigenvalue weighted by molar-refractivity contribution is 7.45. The van der Waals surface area contributed by atoms with Gasteiger partial charge in [-0.1, -0.05) is 257 Å². The number of quaternary nitrogens is 1. The van der Waals surface area contributed by atoms with Gasteiger partial charge in [-0.2, -0.15) is 0 Å². The van der Waals surface area contributed by atoms with Crippen LogP contribution in [-0.2, 0) is 23.1 Å². The second kappa shape index (κ2) is 45.1. The number of carbonyl (C=O) groups is 1. The number of aliphatic hydroxyl groups excluding tert-OH is 1. The van der Waals surface area contributed by atoms with Crippen LogP contribution in [0, 0.1) is 0 Å². The van der Waals surface area contributed by atoms with E-state index in [1.54, 1.807) is 0 Å². The maximum absolute atomic E-state index is 12.0. The summed E-state index contributed by atoms with van der Waals surface area (Å²) in [4.78, 5) is 23.8. The van der Waals surface area contributed by atoms with Gasteiger partial charge < -0.3 is 28.3 Å². The minimum absolute atomic E-state index is 0.00480.